The lowest BCUT2D eigenvalue weighted by molar-refractivity contribution is -0.122. The van der Waals surface area contributed by atoms with Gasteiger partial charge in [0.25, 0.3) is 5.91 Å². The minimum Gasteiger partial charge on any atom is -0.495 e. The van der Waals surface area contributed by atoms with E-state index in [-0.39, 0.29) is 11.3 Å². The maximum Gasteiger partial charge on any atom is 0.265 e. The zero-order chi connectivity index (χ0) is 21.7. The van der Waals surface area contributed by atoms with Gasteiger partial charge < -0.3 is 14.8 Å². The van der Waals surface area contributed by atoms with Gasteiger partial charge in [0.15, 0.2) is 6.10 Å². The summed E-state index contributed by atoms with van der Waals surface area (Å²) in [6, 6.07) is 23.3. The highest BCUT2D eigenvalue weighted by atomic mass is 35.5. The van der Waals surface area contributed by atoms with Gasteiger partial charge in [0.1, 0.15) is 11.5 Å². The molecule has 0 fully saturated rings. The lowest BCUT2D eigenvalue weighted by atomic mass is 9.78. The third-order valence-corrected chi connectivity index (χ3v) is 5.41. The molecule has 0 aliphatic heterocycles. The molecule has 5 heteroatoms. The predicted octanol–water partition coefficient (Wildman–Crippen LogP) is 6.08. The lowest BCUT2D eigenvalue weighted by Gasteiger charge is -2.26. The molecule has 0 aliphatic carbocycles. The monoisotopic (exact) mass is 423 g/mol. The molecule has 0 saturated carbocycles. The van der Waals surface area contributed by atoms with Gasteiger partial charge in [-0.25, -0.2) is 0 Å². The Hall–Kier alpha value is -2.98. The molecule has 1 unspecified atom stereocenters. The van der Waals surface area contributed by atoms with Crippen LogP contribution in [-0.2, 0) is 10.2 Å². The summed E-state index contributed by atoms with van der Waals surface area (Å²) in [5, 5.41) is 3.32. The van der Waals surface area contributed by atoms with Crippen molar-refractivity contribution in [1.82, 2.24) is 0 Å². The van der Waals surface area contributed by atoms with Gasteiger partial charge >= 0.3 is 0 Å². The molecule has 30 heavy (non-hydrogen) atoms. The smallest absolute Gasteiger partial charge is 0.265 e. The highest BCUT2D eigenvalue weighted by Crippen LogP contribution is 2.32. The van der Waals surface area contributed by atoms with Crippen LogP contribution in [0.15, 0.2) is 72.8 Å². The van der Waals surface area contributed by atoms with Crippen molar-refractivity contribution in [2.24, 2.45) is 0 Å². The van der Waals surface area contributed by atoms with E-state index in [2.05, 4.69) is 31.3 Å². The molecule has 0 bridgehead atoms. The highest BCUT2D eigenvalue weighted by molar-refractivity contribution is 6.31. The molecule has 1 amide bonds. The van der Waals surface area contributed by atoms with Crippen molar-refractivity contribution < 1.29 is 14.3 Å². The number of anilines is 1. The van der Waals surface area contributed by atoms with Crippen LogP contribution in [0.5, 0.6) is 11.5 Å². The Bertz CT molecular complexity index is 1000. The van der Waals surface area contributed by atoms with Gasteiger partial charge in [-0.15, -0.1) is 0 Å². The topological polar surface area (TPSA) is 47.6 Å². The molecule has 1 atom stereocenters. The van der Waals surface area contributed by atoms with E-state index < -0.39 is 6.10 Å². The third kappa shape index (κ3) is 4.95. The maximum atomic E-state index is 12.6. The van der Waals surface area contributed by atoms with Crippen LogP contribution < -0.4 is 14.8 Å². The molecule has 156 valence electrons. The Labute approximate surface area is 182 Å². The van der Waals surface area contributed by atoms with E-state index in [0.29, 0.717) is 22.2 Å². The molecule has 0 radical (unpaired) electrons. The molecule has 3 rings (SSSR count). The van der Waals surface area contributed by atoms with Gasteiger partial charge in [-0.05, 0) is 48.4 Å². The first kappa shape index (κ1) is 21.7. The summed E-state index contributed by atoms with van der Waals surface area (Å²) in [5.74, 6) is 0.875. The van der Waals surface area contributed by atoms with Crippen molar-refractivity contribution in [3.63, 3.8) is 0 Å². The number of carbonyl (C=O) groups excluding carboxylic acids is 1. The van der Waals surface area contributed by atoms with Crippen molar-refractivity contribution in [3.8, 4) is 11.5 Å². The molecule has 3 aromatic carbocycles. The molecule has 0 saturated heterocycles. The molecule has 0 heterocycles. The molecular weight excluding hydrogens is 398 g/mol. The van der Waals surface area contributed by atoms with E-state index in [4.69, 9.17) is 21.1 Å². The Balaban J connectivity index is 1.68. The van der Waals surface area contributed by atoms with Gasteiger partial charge in [-0.1, -0.05) is 67.9 Å². The third-order valence-electron chi connectivity index (χ3n) is 5.17. The summed E-state index contributed by atoms with van der Waals surface area (Å²) >= 11 is 6.02. The minimum atomic E-state index is -0.693. The number of rotatable bonds is 7. The van der Waals surface area contributed by atoms with Gasteiger partial charge in [0, 0.05) is 10.4 Å². The molecule has 1 N–H and O–H groups in total. The van der Waals surface area contributed by atoms with E-state index in [0.717, 1.165) is 0 Å². The summed E-state index contributed by atoms with van der Waals surface area (Å²) in [5.41, 5.74) is 2.78. The average Bonchev–Trinajstić information content (AvgIpc) is 2.75. The van der Waals surface area contributed by atoms with Crippen LogP contribution in [0.25, 0.3) is 0 Å². The Morgan fingerprint density at radius 1 is 0.967 bits per heavy atom. The largest absolute Gasteiger partial charge is 0.495 e. The van der Waals surface area contributed by atoms with Crippen molar-refractivity contribution in [2.75, 3.05) is 12.4 Å². The minimum absolute atomic E-state index is 0.133. The van der Waals surface area contributed by atoms with Gasteiger partial charge in [-0.3, -0.25) is 4.79 Å². The number of ether oxygens (including phenoxy) is 2. The second kappa shape index (κ2) is 9.23. The van der Waals surface area contributed by atoms with Crippen LogP contribution >= 0.6 is 11.6 Å². The Kier molecular flexibility index (Phi) is 6.68. The molecule has 3 aromatic rings. The fourth-order valence-electron chi connectivity index (χ4n) is 3.24. The van der Waals surface area contributed by atoms with E-state index >= 15 is 0 Å². The Morgan fingerprint density at radius 2 is 1.60 bits per heavy atom. The zero-order valence-electron chi connectivity index (χ0n) is 17.6. The number of benzene rings is 3. The average molecular weight is 424 g/mol. The number of halogens is 1. The number of methoxy groups -OCH3 is 1. The predicted molar refractivity (Wildman–Crippen MR) is 122 cm³/mol. The standard InChI is InChI=1S/C25H26ClNO3/c1-17(24(28)27-22-16-20(26)12-15-23(22)29-4)30-21-13-10-19(11-14-21)25(2,3)18-8-6-5-7-9-18/h5-17H,1-4H3,(H,27,28). The number of hydrogen-bond donors (Lipinski definition) is 1. The highest BCUT2D eigenvalue weighted by Gasteiger charge is 2.23. The second-order valence-corrected chi connectivity index (χ2v) is 8.05. The first-order chi connectivity index (χ1) is 14.3. The fraction of sp³-hybridized carbons (Fsp3) is 0.240. The summed E-state index contributed by atoms with van der Waals surface area (Å²) in [4.78, 5) is 12.6. The summed E-state index contributed by atoms with van der Waals surface area (Å²) < 4.78 is 11.1. The second-order valence-electron chi connectivity index (χ2n) is 7.61. The number of carbonyl (C=O) groups is 1. The van der Waals surface area contributed by atoms with Gasteiger partial charge in [-0.2, -0.15) is 0 Å². The van der Waals surface area contributed by atoms with Gasteiger partial charge in [0.2, 0.25) is 0 Å². The number of amides is 1. The van der Waals surface area contributed by atoms with Crippen LogP contribution in [0, 0.1) is 0 Å². The Morgan fingerprint density at radius 3 is 2.23 bits per heavy atom. The lowest BCUT2D eigenvalue weighted by Crippen LogP contribution is -2.30. The van der Waals surface area contributed by atoms with Crippen LogP contribution in [0.1, 0.15) is 31.9 Å². The molecule has 0 aliphatic rings. The first-order valence-corrected chi connectivity index (χ1v) is 10.2. The normalized spacial score (nSPS) is 12.2. The quantitative estimate of drug-likeness (QED) is 0.500. The van der Waals surface area contributed by atoms with E-state index in [1.807, 2.05) is 42.5 Å². The number of nitrogens with one attached hydrogen (secondary N) is 1. The van der Waals surface area contributed by atoms with Crippen LogP contribution in [0.3, 0.4) is 0 Å². The maximum absolute atomic E-state index is 12.6. The van der Waals surface area contributed by atoms with E-state index in [1.54, 1.807) is 25.1 Å². The van der Waals surface area contributed by atoms with Crippen molar-refractivity contribution in [2.45, 2.75) is 32.3 Å². The first-order valence-electron chi connectivity index (χ1n) is 9.78. The fourth-order valence-corrected chi connectivity index (χ4v) is 3.41. The van der Waals surface area contributed by atoms with E-state index in [1.165, 1.54) is 18.2 Å². The summed E-state index contributed by atoms with van der Waals surface area (Å²) in [6.07, 6.45) is -0.693. The van der Waals surface area contributed by atoms with Crippen LogP contribution in [0.4, 0.5) is 5.69 Å². The SMILES string of the molecule is COc1ccc(Cl)cc1NC(=O)C(C)Oc1ccc(C(C)(C)c2ccccc2)cc1. The van der Waals surface area contributed by atoms with Gasteiger partial charge in [0.05, 0.1) is 12.8 Å². The molecule has 0 aromatic heterocycles. The summed E-state index contributed by atoms with van der Waals surface area (Å²) in [7, 11) is 1.54. The molecule has 4 nitrogen and oxygen atoms in total. The number of hydrogen-bond acceptors (Lipinski definition) is 3. The molecule has 0 spiro atoms. The van der Waals surface area contributed by atoms with Crippen molar-refractivity contribution >= 4 is 23.2 Å². The van der Waals surface area contributed by atoms with Crippen LogP contribution in [-0.4, -0.2) is 19.1 Å². The van der Waals surface area contributed by atoms with Crippen LogP contribution in [0.2, 0.25) is 5.02 Å². The van der Waals surface area contributed by atoms with Crippen molar-refractivity contribution in [3.05, 3.63) is 88.9 Å². The zero-order valence-corrected chi connectivity index (χ0v) is 18.4. The van der Waals surface area contributed by atoms with Crippen molar-refractivity contribution in [1.29, 1.82) is 0 Å². The molecular formula is C25H26ClNO3. The summed E-state index contributed by atoms with van der Waals surface area (Å²) in [6.45, 7) is 6.08. The van der Waals surface area contributed by atoms with E-state index in [9.17, 15) is 4.79 Å².